The van der Waals surface area contributed by atoms with E-state index in [0.717, 1.165) is 66.6 Å². The van der Waals surface area contributed by atoms with Crippen molar-refractivity contribution in [3.63, 3.8) is 0 Å². The van der Waals surface area contributed by atoms with Gasteiger partial charge in [-0.15, -0.1) is 12.4 Å². The molecule has 2 aromatic carbocycles. The number of fused-ring (bicyclic) bond motifs is 4. The van der Waals surface area contributed by atoms with Crippen LogP contribution in [0.3, 0.4) is 0 Å². The van der Waals surface area contributed by atoms with Crippen molar-refractivity contribution in [2.24, 2.45) is 5.41 Å². The average molecular weight is 769 g/mol. The van der Waals surface area contributed by atoms with E-state index in [1.165, 1.54) is 12.8 Å². The molecule has 10 nitrogen and oxygen atoms in total. The van der Waals surface area contributed by atoms with Gasteiger partial charge in [0.25, 0.3) is 11.1 Å². The van der Waals surface area contributed by atoms with E-state index in [-0.39, 0.29) is 35.5 Å². The lowest BCUT2D eigenvalue weighted by Gasteiger charge is -2.31. The Balaban J connectivity index is 0.000000166. The fraction of sp³-hybridized carbons (Fsp3) is 0.333. The second-order valence-electron chi connectivity index (χ2n) is 15.2. The van der Waals surface area contributed by atoms with Crippen LogP contribution >= 0.6 is 12.4 Å². The van der Waals surface area contributed by atoms with E-state index in [1.54, 1.807) is 30.0 Å². The van der Waals surface area contributed by atoms with Gasteiger partial charge in [0, 0.05) is 56.1 Å². The number of hydrogen-bond acceptors (Lipinski definition) is 8. The Morgan fingerprint density at radius 1 is 0.661 bits per heavy atom. The third-order valence-electron chi connectivity index (χ3n) is 9.89. The molecule has 3 aliphatic heterocycles. The molecule has 0 aliphatic carbocycles. The largest absolute Gasteiger partial charge is 0.388 e. The molecule has 1 saturated heterocycles. The Kier molecular flexibility index (Phi) is 12.5. The highest BCUT2D eigenvalue weighted by atomic mass is 35.5. The lowest BCUT2D eigenvalue weighted by atomic mass is 9.85. The molecule has 1 fully saturated rings. The molecular formula is C45H45ClN6O4. The Morgan fingerprint density at radius 3 is 1.62 bits per heavy atom. The van der Waals surface area contributed by atoms with E-state index < -0.39 is 5.60 Å². The first-order valence-electron chi connectivity index (χ1n) is 18.8. The number of pyridine rings is 2. The zero-order valence-electron chi connectivity index (χ0n) is 31.9. The molecule has 0 radical (unpaired) electrons. The highest BCUT2D eigenvalue weighted by Crippen LogP contribution is 2.29. The van der Waals surface area contributed by atoms with Crippen molar-refractivity contribution in [1.29, 1.82) is 0 Å². The first-order valence-corrected chi connectivity index (χ1v) is 18.8. The lowest BCUT2D eigenvalue weighted by Crippen LogP contribution is -2.42. The standard InChI is InChI=1S/C21H19N3O.C20H17N3O2.C4H8O.ClH/c1-21(2)11-10-19-23-18-13-15(6-8-16-5-3-4-12-22-16)7-9-17(18)20(25)24(19)14-21;1-20(25)10-9-18-22-17-12-14(5-7-15-4-2-3-11-21-15)6-8-16(17)19(24)23(18)13-20;1-2-4-5-3-1;/h3-5,7,9,12-13H,10-11,14H2,1-2H3;2-4,6,8,11-12,25H,9-10,13H2,1H3;1-4H2;1H. The van der Waals surface area contributed by atoms with Gasteiger partial charge in [0.1, 0.15) is 23.0 Å². The molecule has 1 unspecified atom stereocenters. The van der Waals surface area contributed by atoms with Gasteiger partial charge in [-0.1, -0.05) is 37.8 Å². The Hall–Kier alpha value is -5.65. The van der Waals surface area contributed by atoms with Gasteiger partial charge in [0.2, 0.25) is 0 Å². The van der Waals surface area contributed by atoms with E-state index in [9.17, 15) is 14.7 Å². The number of aryl methyl sites for hydroxylation is 2. The van der Waals surface area contributed by atoms with Crippen LogP contribution in [0.4, 0.5) is 0 Å². The maximum atomic E-state index is 12.8. The van der Waals surface area contributed by atoms with Crippen LogP contribution in [0.15, 0.2) is 94.8 Å². The minimum Gasteiger partial charge on any atom is -0.388 e. The summed E-state index contributed by atoms with van der Waals surface area (Å²) in [6.45, 7) is 9.16. The summed E-state index contributed by atoms with van der Waals surface area (Å²) in [5, 5.41) is 11.4. The maximum Gasteiger partial charge on any atom is 0.261 e. The summed E-state index contributed by atoms with van der Waals surface area (Å²) < 4.78 is 8.37. The normalized spacial score (nSPS) is 17.5. The van der Waals surface area contributed by atoms with Crippen LogP contribution in [0.1, 0.15) is 80.6 Å². The number of aromatic nitrogens is 6. The van der Waals surface area contributed by atoms with E-state index in [4.69, 9.17) is 9.72 Å². The predicted molar refractivity (Wildman–Crippen MR) is 221 cm³/mol. The fourth-order valence-corrected chi connectivity index (χ4v) is 6.81. The van der Waals surface area contributed by atoms with Crippen LogP contribution in [0.2, 0.25) is 0 Å². The quantitative estimate of drug-likeness (QED) is 0.180. The molecule has 0 bridgehead atoms. The molecular weight excluding hydrogens is 724 g/mol. The minimum atomic E-state index is -0.861. The second kappa shape index (κ2) is 17.4. The van der Waals surface area contributed by atoms with Gasteiger partial charge >= 0.3 is 0 Å². The number of benzene rings is 2. The molecule has 3 aliphatic rings. The van der Waals surface area contributed by atoms with Crippen molar-refractivity contribution < 1.29 is 9.84 Å². The van der Waals surface area contributed by atoms with Crippen LogP contribution in [0, 0.1) is 29.1 Å². The average Bonchev–Trinajstić information content (AvgIpc) is 3.79. The molecule has 6 aromatic rings. The molecule has 1 N–H and O–H groups in total. The van der Waals surface area contributed by atoms with Crippen molar-refractivity contribution in [2.75, 3.05) is 13.2 Å². The SMILES string of the molecule is C1CCOC1.CC1(C)CCc2nc3cc(C#Cc4ccccn4)ccc3c(=O)n2C1.CC1(O)CCc2nc3cc(C#Cc4ccccn4)ccc3c(=O)n2C1.Cl. The zero-order chi connectivity index (χ0) is 38.4. The van der Waals surface area contributed by atoms with Crippen LogP contribution < -0.4 is 11.1 Å². The number of hydrogen-bond donors (Lipinski definition) is 1. The van der Waals surface area contributed by atoms with E-state index in [0.29, 0.717) is 34.8 Å². The van der Waals surface area contributed by atoms with Gasteiger partial charge in [-0.25, -0.2) is 19.9 Å². The van der Waals surface area contributed by atoms with Gasteiger partial charge < -0.3 is 9.84 Å². The lowest BCUT2D eigenvalue weighted by molar-refractivity contribution is 0.0199. The maximum absolute atomic E-state index is 12.8. The molecule has 0 amide bonds. The topological polar surface area (TPSA) is 125 Å². The summed E-state index contributed by atoms with van der Waals surface area (Å²) in [6, 6.07) is 22.2. The molecule has 1 atom stereocenters. The predicted octanol–water partition coefficient (Wildman–Crippen LogP) is 6.27. The zero-order valence-corrected chi connectivity index (χ0v) is 32.7. The third kappa shape index (κ3) is 9.77. The van der Waals surface area contributed by atoms with Gasteiger partial charge in [-0.3, -0.25) is 18.7 Å². The summed E-state index contributed by atoms with van der Waals surface area (Å²) in [4.78, 5) is 43.3. The first kappa shape index (κ1) is 40.0. The number of nitrogens with zero attached hydrogens (tertiary/aromatic N) is 6. The molecule has 0 spiro atoms. The van der Waals surface area contributed by atoms with Crippen molar-refractivity contribution >= 4 is 34.2 Å². The van der Waals surface area contributed by atoms with Crippen LogP contribution in [0.5, 0.6) is 0 Å². The Bertz CT molecular complexity index is 2410. The van der Waals surface area contributed by atoms with Crippen molar-refractivity contribution in [3.8, 4) is 23.7 Å². The van der Waals surface area contributed by atoms with Crippen molar-refractivity contribution in [2.45, 2.75) is 78.0 Å². The van der Waals surface area contributed by atoms with Crippen LogP contribution in [-0.2, 0) is 30.7 Å². The number of rotatable bonds is 0. The third-order valence-corrected chi connectivity index (χ3v) is 9.89. The van der Waals surface area contributed by atoms with Crippen molar-refractivity contribution in [1.82, 2.24) is 29.1 Å². The van der Waals surface area contributed by atoms with Gasteiger partial charge in [-0.05, 0) is 111 Å². The summed E-state index contributed by atoms with van der Waals surface area (Å²) in [7, 11) is 0. The number of halogens is 1. The van der Waals surface area contributed by atoms with Crippen molar-refractivity contribution in [3.05, 3.63) is 140 Å². The summed E-state index contributed by atoms with van der Waals surface area (Å²) in [5.41, 5.74) is 3.65. The van der Waals surface area contributed by atoms with Gasteiger partial charge in [-0.2, -0.15) is 0 Å². The molecule has 4 aromatic heterocycles. The molecule has 286 valence electrons. The Labute approximate surface area is 332 Å². The van der Waals surface area contributed by atoms with E-state index >= 15 is 0 Å². The molecule has 0 saturated carbocycles. The smallest absolute Gasteiger partial charge is 0.261 e. The minimum absolute atomic E-state index is 0. The van der Waals surface area contributed by atoms with Crippen LogP contribution in [0.25, 0.3) is 21.8 Å². The number of aliphatic hydroxyl groups is 1. The van der Waals surface area contributed by atoms with Gasteiger partial charge in [0.05, 0.1) is 34.0 Å². The fourth-order valence-electron chi connectivity index (χ4n) is 6.81. The second-order valence-corrected chi connectivity index (χ2v) is 15.2. The van der Waals surface area contributed by atoms with E-state index in [1.807, 2.05) is 71.3 Å². The molecule has 56 heavy (non-hydrogen) atoms. The van der Waals surface area contributed by atoms with Crippen LogP contribution in [-0.4, -0.2) is 53.0 Å². The Morgan fingerprint density at radius 2 is 1.16 bits per heavy atom. The summed E-state index contributed by atoms with van der Waals surface area (Å²) >= 11 is 0. The monoisotopic (exact) mass is 768 g/mol. The first-order chi connectivity index (χ1) is 26.5. The summed E-state index contributed by atoms with van der Waals surface area (Å²) in [6.07, 6.45) is 9.05. The molecule has 7 heterocycles. The summed E-state index contributed by atoms with van der Waals surface area (Å²) in [5.74, 6) is 13.8. The highest BCUT2D eigenvalue weighted by molar-refractivity contribution is 5.85. The van der Waals surface area contributed by atoms with E-state index in [2.05, 4.69) is 52.5 Å². The highest BCUT2D eigenvalue weighted by Gasteiger charge is 2.29. The molecule has 11 heteroatoms. The van der Waals surface area contributed by atoms with Gasteiger partial charge in [0.15, 0.2) is 0 Å². The number of ether oxygens (including phenoxy) is 1. The molecule has 9 rings (SSSR count).